The van der Waals surface area contributed by atoms with Crippen molar-refractivity contribution in [3.63, 3.8) is 0 Å². The van der Waals surface area contributed by atoms with Crippen LogP contribution >= 0.6 is 23.2 Å². The van der Waals surface area contributed by atoms with Crippen LogP contribution in [0.2, 0.25) is 10.0 Å². The van der Waals surface area contributed by atoms with E-state index >= 15 is 0 Å². The molecule has 12 heteroatoms. The lowest BCUT2D eigenvalue weighted by molar-refractivity contribution is -0.122. The minimum atomic E-state index is -3.13. The van der Waals surface area contributed by atoms with Crippen molar-refractivity contribution in [2.45, 2.75) is 4.90 Å². The molecule has 3 N–H and O–H groups in total. The number of carbonyl (C=O) groups is 3. The summed E-state index contributed by atoms with van der Waals surface area (Å²) in [6.07, 6.45) is 1.38. The summed E-state index contributed by atoms with van der Waals surface area (Å²) in [5.41, 5.74) is 0.538. The number of nitrogens with zero attached hydrogens (tertiary/aromatic N) is 1. The van der Waals surface area contributed by atoms with Crippen molar-refractivity contribution in [1.82, 2.24) is 9.71 Å². The second kappa shape index (κ2) is 11.3. The van der Waals surface area contributed by atoms with E-state index in [2.05, 4.69) is 26.2 Å². The zero-order valence-electron chi connectivity index (χ0n) is 18.3. The summed E-state index contributed by atoms with van der Waals surface area (Å²) in [6.45, 7) is -0.266. The summed E-state index contributed by atoms with van der Waals surface area (Å²) in [4.78, 5) is 41.5. The SMILES string of the molecule is C=S(=O)(NC(=O)COC)c1ccc(C(=O)Nc2ccc(Cl)cc2C(=O)Nc2ccc(Cl)cn2)cc1. The number of hydrogen-bond donors (Lipinski definition) is 3. The summed E-state index contributed by atoms with van der Waals surface area (Å²) in [6, 6.07) is 13.2. The Morgan fingerprint density at radius 2 is 1.66 bits per heavy atom. The number of hydrogen-bond acceptors (Lipinski definition) is 6. The molecule has 0 aliphatic heterocycles. The molecule has 3 amide bonds. The van der Waals surface area contributed by atoms with Crippen molar-refractivity contribution >= 4 is 68.0 Å². The first kappa shape index (κ1) is 26.2. The number of aromatic nitrogens is 1. The zero-order chi connectivity index (χ0) is 25.6. The van der Waals surface area contributed by atoms with Gasteiger partial charge < -0.3 is 15.4 Å². The van der Waals surface area contributed by atoms with Crippen molar-refractivity contribution < 1.29 is 23.3 Å². The lowest BCUT2D eigenvalue weighted by Crippen LogP contribution is -2.33. The highest BCUT2D eigenvalue weighted by Gasteiger charge is 2.17. The van der Waals surface area contributed by atoms with Crippen molar-refractivity contribution in [2.75, 3.05) is 24.4 Å². The molecule has 0 aliphatic carbocycles. The van der Waals surface area contributed by atoms with Gasteiger partial charge in [-0.1, -0.05) is 23.2 Å². The summed E-state index contributed by atoms with van der Waals surface area (Å²) >= 11 is 11.9. The fourth-order valence-electron chi connectivity index (χ4n) is 2.87. The lowest BCUT2D eigenvalue weighted by atomic mass is 10.1. The zero-order valence-corrected chi connectivity index (χ0v) is 20.7. The molecule has 35 heavy (non-hydrogen) atoms. The number of pyridine rings is 1. The number of amides is 3. The number of ether oxygens (including phenoxy) is 1. The Balaban J connectivity index is 1.77. The molecule has 0 radical (unpaired) electrons. The number of nitrogens with one attached hydrogen (secondary N) is 3. The molecule has 1 heterocycles. The normalized spacial score (nSPS) is 12.3. The van der Waals surface area contributed by atoms with Crippen LogP contribution in [-0.2, 0) is 19.2 Å². The largest absolute Gasteiger partial charge is 0.375 e. The molecular formula is C23H20Cl2N4O5S. The van der Waals surface area contributed by atoms with Crippen LogP contribution in [0.5, 0.6) is 0 Å². The maximum atomic E-state index is 12.8. The molecule has 1 unspecified atom stereocenters. The first-order valence-corrected chi connectivity index (χ1v) is 12.4. The first-order valence-electron chi connectivity index (χ1n) is 9.89. The monoisotopic (exact) mass is 534 g/mol. The third-order valence-electron chi connectivity index (χ3n) is 4.49. The number of carbonyl (C=O) groups excluding carboxylic acids is 3. The third kappa shape index (κ3) is 7.03. The topological polar surface area (TPSA) is 126 Å². The molecule has 0 fully saturated rings. The van der Waals surface area contributed by atoms with Crippen LogP contribution in [0.15, 0.2) is 65.7 Å². The van der Waals surface area contributed by atoms with E-state index in [-0.39, 0.29) is 34.1 Å². The van der Waals surface area contributed by atoms with Gasteiger partial charge in [-0.15, -0.1) is 0 Å². The molecule has 1 aromatic heterocycles. The molecule has 0 saturated carbocycles. The highest BCUT2D eigenvalue weighted by molar-refractivity contribution is 7.99. The van der Waals surface area contributed by atoms with Crippen LogP contribution in [0.25, 0.3) is 0 Å². The Morgan fingerprint density at radius 3 is 2.29 bits per heavy atom. The maximum Gasteiger partial charge on any atom is 0.258 e. The smallest absolute Gasteiger partial charge is 0.258 e. The molecule has 0 aliphatic rings. The van der Waals surface area contributed by atoms with E-state index in [4.69, 9.17) is 27.9 Å². The van der Waals surface area contributed by atoms with E-state index in [1.807, 2.05) is 0 Å². The number of anilines is 2. The number of rotatable bonds is 8. The van der Waals surface area contributed by atoms with Crippen LogP contribution in [0, 0.1) is 0 Å². The average molecular weight is 535 g/mol. The minimum absolute atomic E-state index is 0.112. The van der Waals surface area contributed by atoms with Gasteiger partial charge in [0.1, 0.15) is 12.4 Å². The van der Waals surface area contributed by atoms with E-state index in [9.17, 15) is 18.6 Å². The molecule has 3 rings (SSSR count). The van der Waals surface area contributed by atoms with E-state index in [0.29, 0.717) is 10.0 Å². The first-order chi connectivity index (χ1) is 16.6. The van der Waals surface area contributed by atoms with E-state index in [0.717, 1.165) is 0 Å². The molecule has 9 nitrogen and oxygen atoms in total. The standard InChI is InChI=1S/C23H20Cl2N4O5S/c1-34-13-21(30)29-35(2,33)17-7-3-14(4-8-17)22(31)27-19-9-5-15(24)11-18(19)23(32)28-20-10-6-16(25)12-26-20/h3-12H,2,13H2,1H3,(H,27,31)(H,26,28,32)(H,29,30,33). The molecule has 0 saturated heterocycles. The van der Waals surface area contributed by atoms with Gasteiger partial charge in [-0.2, -0.15) is 0 Å². The van der Waals surface area contributed by atoms with Gasteiger partial charge in [0.05, 0.1) is 26.0 Å². The van der Waals surface area contributed by atoms with Gasteiger partial charge in [0, 0.05) is 28.8 Å². The summed E-state index contributed by atoms with van der Waals surface area (Å²) in [5.74, 6) is 2.16. The van der Waals surface area contributed by atoms with E-state index in [1.54, 1.807) is 6.07 Å². The Bertz CT molecular complexity index is 1360. The number of benzene rings is 2. The predicted octanol–water partition coefficient (Wildman–Crippen LogP) is 3.65. The fourth-order valence-corrected chi connectivity index (χ4v) is 4.27. The van der Waals surface area contributed by atoms with Crippen molar-refractivity contribution in [3.8, 4) is 0 Å². The van der Waals surface area contributed by atoms with Gasteiger partial charge in [-0.25, -0.2) is 9.19 Å². The second-order valence-electron chi connectivity index (χ2n) is 7.12. The fraction of sp³-hybridized carbons (Fsp3) is 0.0870. The second-order valence-corrected chi connectivity index (χ2v) is 10.0. The molecule has 0 bridgehead atoms. The number of halogens is 2. The van der Waals surface area contributed by atoms with Crippen molar-refractivity contribution in [2.24, 2.45) is 0 Å². The minimum Gasteiger partial charge on any atom is -0.375 e. The van der Waals surface area contributed by atoms with Gasteiger partial charge >= 0.3 is 0 Å². The van der Waals surface area contributed by atoms with Gasteiger partial charge in [0.15, 0.2) is 0 Å². The molecule has 0 spiro atoms. The molecule has 2 aromatic carbocycles. The molecule has 1 atom stereocenters. The van der Waals surface area contributed by atoms with Gasteiger partial charge in [0.2, 0.25) is 0 Å². The summed E-state index contributed by atoms with van der Waals surface area (Å²) in [5, 5.41) is 5.99. The van der Waals surface area contributed by atoms with Gasteiger partial charge in [0.25, 0.3) is 17.7 Å². The van der Waals surface area contributed by atoms with Gasteiger partial charge in [-0.3, -0.25) is 19.1 Å². The number of methoxy groups -OCH3 is 1. The summed E-state index contributed by atoms with van der Waals surface area (Å²) in [7, 11) is -1.80. The average Bonchev–Trinajstić information content (AvgIpc) is 2.81. The Morgan fingerprint density at radius 1 is 0.971 bits per heavy atom. The highest BCUT2D eigenvalue weighted by atomic mass is 35.5. The van der Waals surface area contributed by atoms with Gasteiger partial charge in [-0.05, 0) is 60.5 Å². The predicted molar refractivity (Wildman–Crippen MR) is 137 cm³/mol. The van der Waals surface area contributed by atoms with Crippen LogP contribution in [0.3, 0.4) is 0 Å². The highest BCUT2D eigenvalue weighted by Crippen LogP contribution is 2.23. The summed E-state index contributed by atoms with van der Waals surface area (Å²) < 4.78 is 19.7. The van der Waals surface area contributed by atoms with Crippen LogP contribution in [0.1, 0.15) is 20.7 Å². The Labute approximate surface area is 211 Å². The lowest BCUT2D eigenvalue weighted by Gasteiger charge is -2.13. The maximum absolute atomic E-state index is 12.8. The van der Waals surface area contributed by atoms with Crippen LogP contribution in [-0.4, -0.2) is 46.5 Å². The molecular weight excluding hydrogens is 515 g/mol. The molecule has 3 aromatic rings. The van der Waals surface area contributed by atoms with Crippen LogP contribution < -0.4 is 15.4 Å². The Kier molecular flexibility index (Phi) is 8.47. The van der Waals surface area contributed by atoms with Crippen molar-refractivity contribution in [3.05, 3.63) is 82.0 Å². The molecule has 182 valence electrons. The van der Waals surface area contributed by atoms with E-state index in [1.165, 1.54) is 61.8 Å². The van der Waals surface area contributed by atoms with Crippen LogP contribution in [0.4, 0.5) is 11.5 Å². The van der Waals surface area contributed by atoms with Crippen molar-refractivity contribution in [1.29, 1.82) is 0 Å². The van der Waals surface area contributed by atoms with E-state index < -0.39 is 27.4 Å². The Hall–Kier alpha value is -3.44. The third-order valence-corrected chi connectivity index (χ3v) is 6.54. The quantitative estimate of drug-likeness (QED) is 0.378.